The van der Waals surface area contributed by atoms with Gasteiger partial charge in [-0.25, -0.2) is 8.42 Å². The summed E-state index contributed by atoms with van der Waals surface area (Å²) in [4.78, 5) is 15.2. The van der Waals surface area contributed by atoms with Gasteiger partial charge in [0.25, 0.3) is 0 Å². The number of nitrogens with zero attached hydrogens (tertiary/aromatic N) is 1. The van der Waals surface area contributed by atoms with Crippen LogP contribution >= 0.6 is 0 Å². The fourth-order valence-electron chi connectivity index (χ4n) is 3.58. The minimum absolute atomic E-state index is 0.144. The lowest BCUT2D eigenvalue weighted by Gasteiger charge is -2.22. The third kappa shape index (κ3) is 5.94. The third-order valence-corrected chi connectivity index (χ3v) is 6.76. The van der Waals surface area contributed by atoms with Crippen molar-refractivity contribution in [2.24, 2.45) is 5.92 Å². The summed E-state index contributed by atoms with van der Waals surface area (Å²) in [5, 5.41) is 4.70. The molecular formula is C25H31N3O3S. The first kappa shape index (κ1) is 23.9. The first-order valence-corrected chi connectivity index (χ1v) is 12.2. The molecule has 7 heteroatoms. The van der Waals surface area contributed by atoms with E-state index in [4.69, 9.17) is 0 Å². The molecule has 0 saturated heterocycles. The molecule has 0 aliphatic heterocycles. The van der Waals surface area contributed by atoms with Gasteiger partial charge in [0.05, 0.1) is 4.90 Å². The van der Waals surface area contributed by atoms with E-state index < -0.39 is 16.1 Å². The van der Waals surface area contributed by atoms with Gasteiger partial charge in [0, 0.05) is 13.1 Å². The minimum atomic E-state index is -3.87. The fraction of sp³-hybridized carbons (Fsp3) is 0.320. The second-order valence-corrected chi connectivity index (χ2v) is 10.3. The van der Waals surface area contributed by atoms with Crippen molar-refractivity contribution in [1.82, 2.24) is 14.9 Å². The van der Waals surface area contributed by atoms with Crippen LogP contribution in [0.2, 0.25) is 0 Å². The molecule has 6 nitrogen and oxygen atoms in total. The van der Waals surface area contributed by atoms with Gasteiger partial charge >= 0.3 is 0 Å². The van der Waals surface area contributed by atoms with Crippen molar-refractivity contribution in [3.8, 4) is 0 Å². The summed E-state index contributed by atoms with van der Waals surface area (Å²) in [5.41, 5.74) is 2.13. The Kier molecular flexibility index (Phi) is 7.66. The fourth-order valence-corrected chi connectivity index (χ4v) is 4.96. The molecule has 0 radical (unpaired) electrons. The quantitative estimate of drug-likeness (QED) is 0.520. The highest BCUT2D eigenvalue weighted by molar-refractivity contribution is 7.89. The average Bonchev–Trinajstić information content (AvgIpc) is 2.75. The molecule has 0 aliphatic carbocycles. The van der Waals surface area contributed by atoms with Gasteiger partial charge in [-0.1, -0.05) is 68.4 Å². The number of hydrogen-bond acceptors (Lipinski definition) is 4. The summed E-state index contributed by atoms with van der Waals surface area (Å²) in [6, 6.07) is 19.6. The van der Waals surface area contributed by atoms with E-state index in [0.717, 1.165) is 28.4 Å². The van der Waals surface area contributed by atoms with Crippen molar-refractivity contribution in [2.45, 2.75) is 37.9 Å². The predicted octanol–water partition coefficient (Wildman–Crippen LogP) is 3.52. The van der Waals surface area contributed by atoms with Crippen molar-refractivity contribution in [3.63, 3.8) is 0 Å². The van der Waals surface area contributed by atoms with E-state index in [1.165, 1.54) is 0 Å². The monoisotopic (exact) mass is 453 g/mol. The molecule has 170 valence electrons. The molecule has 0 fully saturated rings. The number of rotatable bonds is 9. The Hall–Kier alpha value is -2.74. The molecule has 2 N–H and O–H groups in total. The number of carbonyl (C=O) groups is 1. The van der Waals surface area contributed by atoms with Crippen molar-refractivity contribution < 1.29 is 13.2 Å². The predicted molar refractivity (Wildman–Crippen MR) is 129 cm³/mol. The van der Waals surface area contributed by atoms with Crippen LogP contribution < -0.4 is 10.0 Å². The van der Waals surface area contributed by atoms with Crippen LogP contribution in [0.15, 0.2) is 71.6 Å². The molecule has 3 rings (SSSR count). The van der Waals surface area contributed by atoms with E-state index in [-0.39, 0.29) is 16.7 Å². The van der Waals surface area contributed by atoms with Crippen molar-refractivity contribution in [2.75, 3.05) is 14.1 Å². The summed E-state index contributed by atoms with van der Waals surface area (Å²) in [6.45, 7) is 4.75. The normalized spacial score (nSPS) is 12.9. The Labute approximate surface area is 190 Å². The third-order valence-electron chi connectivity index (χ3n) is 5.32. The zero-order valence-corrected chi connectivity index (χ0v) is 19.8. The highest BCUT2D eigenvalue weighted by Crippen LogP contribution is 2.20. The van der Waals surface area contributed by atoms with E-state index in [0.29, 0.717) is 6.54 Å². The second-order valence-electron chi connectivity index (χ2n) is 8.58. The van der Waals surface area contributed by atoms with E-state index in [1.54, 1.807) is 18.2 Å². The molecule has 0 saturated carbocycles. The second kappa shape index (κ2) is 10.3. The average molecular weight is 454 g/mol. The Morgan fingerprint density at radius 2 is 1.53 bits per heavy atom. The van der Waals surface area contributed by atoms with Crippen molar-refractivity contribution in [3.05, 3.63) is 77.9 Å². The Balaban J connectivity index is 1.75. The number of sulfonamides is 1. The zero-order valence-electron chi connectivity index (χ0n) is 19.0. The van der Waals surface area contributed by atoms with Gasteiger partial charge in [-0.2, -0.15) is 4.72 Å². The van der Waals surface area contributed by atoms with Crippen LogP contribution in [-0.4, -0.2) is 39.4 Å². The first-order chi connectivity index (χ1) is 15.2. The number of amides is 1. The minimum Gasteiger partial charge on any atom is -0.351 e. The first-order valence-electron chi connectivity index (χ1n) is 10.7. The van der Waals surface area contributed by atoms with Crippen LogP contribution in [0.3, 0.4) is 0 Å². The summed E-state index contributed by atoms with van der Waals surface area (Å²) < 4.78 is 28.7. The van der Waals surface area contributed by atoms with E-state index >= 15 is 0 Å². The summed E-state index contributed by atoms with van der Waals surface area (Å²) in [6.07, 6.45) is 0. The maximum Gasteiger partial charge on any atom is 0.241 e. The van der Waals surface area contributed by atoms with Gasteiger partial charge in [-0.05, 0) is 54.0 Å². The number of hydrogen-bond donors (Lipinski definition) is 2. The van der Waals surface area contributed by atoms with Crippen LogP contribution in [0.1, 0.15) is 25.0 Å². The number of fused-ring (bicyclic) bond motifs is 1. The van der Waals surface area contributed by atoms with Crippen LogP contribution in [-0.2, 0) is 27.9 Å². The van der Waals surface area contributed by atoms with Gasteiger partial charge < -0.3 is 10.2 Å². The Morgan fingerprint density at radius 1 is 0.906 bits per heavy atom. The van der Waals surface area contributed by atoms with Crippen LogP contribution in [0, 0.1) is 5.92 Å². The molecule has 0 aliphatic rings. The van der Waals surface area contributed by atoms with Crippen molar-refractivity contribution >= 4 is 26.7 Å². The SMILES string of the molecule is CC(C)[C@H](NS(=O)(=O)c1ccc2ccccc2c1)C(=O)NCc1ccccc1CN(C)C. The largest absolute Gasteiger partial charge is 0.351 e. The Bertz CT molecular complexity index is 1190. The van der Waals surface area contributed by atoms with Crippen molar-refractivity contribution in [1.29, 1.82) is 0 Å². The molecule has 0 bridgehead atoms. The van der Waals surface area contributed by atoms with E-state index in [2.05, 4.69) is 14.9 Å². The molecule has 0 spiro atoms. The van der Waals surface area contributed by atoms with E-state index in [9.17, 15) is 13.2 Å². The summed E-state index contributed by atoms with van der Waals surface area (Å²) in [7, 11) is 0.118. The topological polar surface area (TPSA) is 78.5 Å². The zero-order chi connectivity index (χ0) is 23.3. The van der Waals surface area contributed by atoms with Crippen LogP contribution in [0.25, 0.3) is 10.8 Å². The molecule has 0 unspecified atom stereocenters. The van der Waals surface area contributed by atoms with Crippen LogP contribution in [0.5, 0.6) is 0 Å². The number of carbonyl (C=O) groups excluding carboxylic acids is 1. The molecular weight excluding hydrogens is 422 g/mol. The molecule has 1 amide bonds. The molecule has 3 aromatic rings. The molecule has 1 atom stereocenters. The Morgan fingerprint density at radius 3 is 2.19 bits per heavy atom. The highest BCUT2D eigenvalue weighted by Gasteiger charge is 2.28. The maximum absolute atomic E-state index is 13.0. The number of benzene rings is 3. The molecule has 0 aromatic heterocycles. The smallest absolute Gasteiger partial charge is 0.241 e. The maximum atomic E-state index is 13.0. The standard InChI is InChI=1S/C25H31N3O3S/c1-18(2)24(25(29)26-16-21-11-7-8-12-22(21)17-28(3)4)27-32(30,31)23-14-13-19-9-5-6-10-20(19)15-23/h5-15,18,24,27H,16-17H2,1-4H3,(H,26,29)/t24-/m0/s1. The van der Waals surface area contributed by atoms with Gasteiger partial charge in [-0.15, -0.1) is 0 Å². The summed E-state index contributed by atoms with van der Waals surface area (Å²) in [5.74, 6) is -0.564. The van der Waals surface area contributed by atoms with E-state index in [1.807, 2.05) is 76.5 Å². The number of nitrogens with one attached hydrogen (secondary N) is 2. The lowest BCUT2D eigenvalue weighted by molar-refractivity contribution is -0.123. The molecule has 32 heavy (non-hydrogen) atoms. The van der Waals surface area contributed by atoms with Gasteiger partial charge in [0.15, 0.2) is 0 Å². The highest BCUT2D eigenvalue weighted by atomic mass is 32.2. The van der Waals surface area contributed by atoms with Gasteiger partial charge in [0.2, 0.25) is 15.9 Å². The lowest BCUT2D eigenvalue weighted by Crippen LogP contribution is -2.49. The summed E-state index contributed by atoms with van der Waals surface area (Å²) >= 11 is 0. The lowest BCUT2D eigenvalue weighted by atomic mass is 10.0. The van der Waals surface area contributed by atoms with Crippen LogP contribution in [0.4, 0.5) is 0 Å². The van der Waals surface area contributed by atoms with Gasteiger partial charge in [-0.3, -0.25) is 4.79 Å². The molecule has 3 aromatic carbocycles. The molecule has 0 heterocycles. The van der Waals surface area contributed by atoms with Gasteiger partial charge in [0.1, 0.15) is 6.04 Å².